The highest BCUT2D eigenvalue weighted by molar-refractivity contribution is 14.1. The molecule has 2 rings (SSSR count). The third kappa shape index (κ3) is 1.81. The lowest BCUT2D eigenvalue weighted by Crippen LogP contribution is -2.20. The van der Waals surface area contributed by atoms with Crippen molar-refractivity contribution in [3.8, 4) is 0 Å². The van der Waals surface area contributed by atoms with Crippen LogP contribution in [0, 0.1) is 0 Å². The quantitative estimate of drug-likeness (QED) is 0.579. The van der Waals surface area contributed by atoms with Crippen molar-refractivity contribution in [2.75, 3.05) is 5.32 Å². The number of fused-ring (bicyclic) bond motifs is 1. The molecule has 0 aliphatic carbocycles. The number of nitrogens with one attached hydrogen (secondary N) is 1. The maximum absolute atomic E-state index is 11.2. The lowest BCUT2D eigenvalue weighted by molar-refractivity contribution is -0.116. The highest BCUT2D eigenvalue weighted by Gasteiger charge is 2.22. The summed E-state index contributed by atoms with van der Waals surface area (Å²) in [7, 11) is 0. The summed E-state index contributed by atoms with van der Waals surface area (Å²) in [5.41, 5.74) is 2.01. The number of carbonyl (C=O) groups excluding carboxylic acids is 1. The van der Waals surface area contributed by atoms with E-state index in [9.17, 15) is 4.79 Å². The molecule has 1 N–H and O–H groups in total. The molecule has 1 aliphatic rings. The lowest BCUT2D eigenvalue weighted by atomic mass is 10.0. The van der Waals surface area contributed by atoms with Gasteiger partial charge in [-0.25, -0.2) is 0 Å². The number of carbonyl (C=O) groups is 1. The Labute approximate surface area is 94.8 Å². The van der Waals surface area contributed by atoms with Gasteiger partial charge in [0.05, 0.1) is 0 Å². The van der Waals surface area contributed by atoms with Gasteiger partial charge < -0.3 is 5.32 Å². The molecule has 1 atom stereocenters. The molecule has 0 saturated carbocycles. The van der Waals surface area contributed by atoms with Crippen molar-refractivity contribution >= 4 is 45.8 Å². The molecule has 0 aromatic heterocycles. The molecule has 68 valence electrons. The van der Waals surface area contributed by atoms with E-state index in [2.05, 4.69) is 27.9 Å². The molecule has 1 amide bonds. The van der Waals surface area contributed by atoms with Crippen LogP contribution in [0.25, 0.3) is 0 Å². The van der Waals surface area contributed by atoms with Gasteiger partial charge in [0.15, 0.2) is 0 Å². The first-order valence-corrected chi connectivity index (χ1v) is 5.52. The van der Waals surface area contributed by atoms with E-state index >= 15 is 0 Å². The van der Waals surface area contributed by atoms with Crippen LogP contribution in [-0.4, -0.2) is 5.91 Å². The summed E-state index contributed by atoms with van der Waals surface area (Å²) in [4.78, 5) is 11.2. The van der Waals surface area contributed by atoms with Crippen LogP contribution in [0.5, 0.6) is 0 Å². The molecule has 1 aromatic rings. The van der Waals surface area contributed by atoms with Crippen LogP contribution < -0.4 is 5.32 Å². The smallest absolute Gasteiger partial charge is 0.225 e. The second-order valence-corrected chi connectivity index (χ2v) is 4.89. The van der Waals surface area contributed by atoms with Gasteiger partial charge in [-0.05, 0) is 17.7 Å². The second kappa shape index (κ2) is 3.46. The Morgan fingerprint density at radius 1 is 1.54 bits per heavy atom. The third-order valence-electron chi connectivity index (χ3n) is 1.99. The van der Waals surface area contributed by atoms with E-state index in [1.165, 1.54) is 0 Å². The van der Waals surface area contributed by atoms with Gasteiger partial charge in [0.2, 0.25) is 5.91 Å². The van der Waals surface area contributed by atoms with E-state index in [1.54, 1.807) is 6.07 Å². The van der Waals surface area contributed by atoms with Gasteiger partial charge in [-0.1, -0.05) is 40.3 Å². The normalized spacial score (nSPS) is 20.8. The molecule has 0 saturated heterocycles. The van der Waals surface area contributed by atoms with Gasteiger partial charge in [-0.15, -0.1) is 0 Å². The van der Waals surface area contributed by atoms with Crippen LogP contribution in [0.1, 0.15) is 15.9 Å². The number of benzene rings is 1. The molecule has 1 aliphatic heterocycles. The molecule has 0 fully saturated rings. The predicted octanol–water partition coefficient (Wildman–Crippen LogP) is 3.16. The van der Waals surface area contributed by atoms with Crippen molar-refractivity contribution in [3.63, 3.8) is 0 Å². The summed E-state index contributed by atoms with van der Waals surface area (Å²) in [6, 6.07) is 5.61. The Morgan fingerprint density at radius 2 is 2.31 bits per heavy atom. The van der Waals surface area contributed by atoms with Gasteiger partial charge in [-0.3, -0.25) is 4.79 Å². The van der Waals surface area contributed by atoms with E-state index in [4.69, 9.17) is 11.6 Å². The number of alkyl halides is 1. The first kappa shape index (κ1) is 9.27. The van der Waals surface area contributed by atoms with Gasteiger partial charge in [-0.2, -0.15) is 0 Å². The zero-order chi connectivity index (χ0) is 9.42. The highest BCUT2D eigenvalue weighted by atomic mass is 127. The summed E-state index contributed by atoms with van der Waals surface area (Å²) >= 11 is 8.09. The van der Waals surface area contributed by atoms with Gasteiger partial charge in [0, 0.05) is 21.1 Å². The molecule has 1 aromatic carbocycles. The van der Waals surface area contributed by atoms with Crippen molar-refractivity contribution in [1.82, 2.24) is 0 Å². The molecule has 13 heavy (non-hydrogen) atoms. The number of hydrogen-bond donors (Lipinski definition) is 1. The number of halogens is 2. The van der Waals surface area contributed by atoms with E-state index in [-0.39, 0.29) is 9.83 Å². The predicted molar refractivity (Wildman–Crippen MR) is 61.5 cm³/mol. The van der Waals surface area contributed by atoms with E-state index in [0.29, 0.717) is 11.4 Å². The molecular formula is C9H7ClINO. The lowest BCUT2D eigenvalue weighted by Gasteiger charge is -2.21. The molecule has 1 heterocycles. The van der Waals surface area contributed by atoms with Crippen molar-refractivity contribution in [2.24, 2.45) is 0 Å². The number of hydrogen-bond acceptors (Lipinski definition) is 1. The topological polar surface area (TPSA) is 29.1 Å². The summed E-state index contributed by atoms with van der Waals surface area (Å²) in [6.07, 6.45) is 0.551. The minimum Gasteiger partial charge on any atom is -0.326 e. The van der Waals surface area contributed by atoms with Crippen LogP contribution in [0.15, 0.2) is 18.2 Å². The molecule has 0 radical (unpaired) electrons. The van der Waals surface area contributed by atoms with Crippen LogP contribution >= 0.6 is 34.2 Å². The number of amides is 1. The third-order valence-corrected chi connectivity index (χ3v) is 3.34. The zero-order valence-corrected chi connectivity index (χ0v) is 9.59. The molecule has 2 nitrogen and oxygen atoms in total. The molecule has 4 heteroatoms. The molecule has 1 unspecified atom stereocenters. The first-order chi connectivity index (χ1) is 6.16. The summed E-state index contributed by atoms with van der Waals surface area (Å²) < 4.78 is 0.263. The summed E-state index contributed by atoms with van der Waals surface area (Å²) in [5.74, 6) is 0.0640. The number of anilines is 1. The Bertz CT molecular complexity index is 367. The summed E-state index contributed by atoms with van der Waals surface area (Å²) in [5, 5.41) is 3.46. The molecule has 0 spiro atoms. The molecule has 0 bridgehead atoms. The van der Waals surface area contributed by atoms with E-state index in [0.717, 1.165) is 11.3 Å². The minimum absolute atomic E-state index is 0.0640. The zero-order valence-electron chi connectivity index (χ0n) is 6.68. The maximum atomic E-state index is 11.2. The highest BCUT2D eigenvalue weighted by Crippen LogP contribution is 2.37. The second-order valence-electron chi connectivity index (χ2n) is 2.95. The monoisotopic (exact) mass is 307 g/mol. The van der Waals surface area contributed by atoms with Crippen molar-refractivity contribution in [1.29, 1.82) is 0 Å². The van der Waals surface area contributed by atoms with Gasteiger partial charge in [0.25, 0.3) is 0 Å². The first-order valence-electron chi connectivity index (χ1n) is 3.90. The van der Waals surface area contributed by atoms with E-state index < -0.39 is 0 Å². The van der Waals surface area contributed by atoms with Crippen LogP contribution in [-0.2, 0) is 4.79 Å². The van der Waals surface area contributed by atoms with Crippen LogP contribution in [0.3, 0.4) is 0 Å². The Hall–Kier alpha value is -0.290. The standard InChI is InChI=1S/C9H7ClINO/c10-5-1-2-6-7(11)4-9(13)12-8(6)3-5/h1-3,7H,4H2,(H,12,13). The Balaban J connectivity index is 2.49. The Morgan fingerprint density at radius 3 is 3.08 bits per heavy atom. The van der Waals surface area contributed by atoms with Gasteiger partial charge in [0.1, 0.15) is 0 Å². The summed E-state index contributed by atoms with van der Waals surface area (Å²) in [6.45, 7) is 0. The fraction of sp³-hybridized carbons (Fsp3) is 0.222. The van der Waals surface area contributed by atoms with Crippen molar-refractivity contribution in [2.45, 2.75) is 10.3 Å². The number of rotatable bonds is 0. The fourth-order valence-electron chi connectivity index (χ4n) is 1.38. The maximum Gasteiger partial charge on any atom is 0.225 e. The fourth-order valence-corrected chi connectivity index (χ4v) is 2.50. The molecular weight excluding hydrogens is 300 g/mol. The largest absolute Gasteiger partial charge is 0.326 e. The van der Waals surface area contributed by atoms with Gasteiger partial charge >= 0.3 is 0 Å². The van der Waals surface area contributed by atoms with E-state index in [1.807, 2.05) is 12.1 Å². The average Bonchev–Trinajstić information content (AvgIpc) is 2.02. The average molecular weight is 308 g/mol. The Kier molecular flexibility index (Phi) is 2.47. The van der Waals surface area contributed by atoms with Crippen molar-refractivity contribution in [3.05, 3.63) is 28.8 Å². The van der Waals surface area contributed by atoms with Crippen LogP contribution in [0.2, 0.25) is 5.02 Å². The van der Waals surface area contributed by atoms with Crippen LogP contribution in [0.4, 0.5) is 5.69 Å². The SMILES string of the molecule is O=C1CC(I)c2ccc(Cl)cc2N1. The van der Waals surface area contributed by atoms with Crippen molar-refractivity contribution < 1.29 is 4.79 Å². The minimum atomic E-state index is 0.0640.